The molecule has 18 heteroatoms. The summed E-state index contributed by atoms with van der Waals surface area (Å²) < 4.78 is 35.9. The van der Waals surface area contributed by atoms with Crippen LogP contribution in [0.4, 0.5) is 5.69 Å². The van der Waals surface area contributed by atoms with Crippen LogP contribution in [0.3, 0.4) is 0 Å². The number of nitrogens with two attached hydrogens (primary N) is 1. The minimum absolute atomic E-state index is 0.200. The number of tetrazole rings is 1. The van der Waals surface area contributed by atoms with E-state index < -0.39 is 59.4 Å². The average Bonchev–Trinajstić information content (AvgIpc) is 3.67. The number of amides is 1. The first-order chi connectivity index (χ1) is 19.1. The van der Waals surface area contributed by atoms with E-state index in [-0.39, 0.29) is 17.8 Å². The molecule has 4 atom stereocenters. The van der Waals surface area contributed by atoms with Crippen molar-refractivity contribution < 1.29 is 33.0 Å². The number of anilines is 1. The lowest BCUT2D eigenvalue weighted by Gasteiger charge is -2.16. The number of H-pyrrole nitrogens is 1. The summed E-state index contributed by atoms with van der Waals surface area (Å²) in [6, 6.07) is 8.03. The van der Waals surface area contributed by atoms with Gasteiger partial charge in [0.25, 0.3) is 0 Å². The summed E-state index contributed by atoms with van der Waals surface area (Å²) in [5.74, 6) is -1.16. The third kappa shape index (κ3) is 5.51. The van der Waals surface area contributed by atoms with Gasteiger partial charge in [-0.2, -0.15) is 18.4 Å². The molecule has 0 radical (unpaired) electrons. The van der Waals surface area contributed by atoms with Crippen LogP contribution in [-0.2, 0) is 19.7 Å². The largest absolute Gasteiger partial charge is 0.397 e. The van der Waals surface area contributed by atoms with E-state index >= 15 is 0 Å². The van der Waals surface area contributed by atoms with E-state index in [2.05, 4.69) is 35.3 Å². The van der Waals surface area contributed by atoms with Gasteiger partial charge in [-0.1, -0.05) is 24.3 Å². The molecule has 0 bridgehead atoms. The highest BCUT2D eigenvalue weighted by Crippen LogP contribution is 2.32. The number of carbonyl (C=O) groups is 2. The Labute approximate surface area is 225 Å². The van der Waals surface area contributed by atoms with E-state index in [4.69, 9.17) is 10.5 Å². The Bertz CT molecular complexity index is 1640. The highest BCUT2D eigenvalue weighted by Gasteiger charge is 2.44. The van der Waals surface area contributed by atoms with Crippen molar-refractivity contribution in [1.29, 1.82) is 0 Å². The number of imidazole rings is 1. The number of ether oxygens (including phenoxy) is 1. The Hall–Kier alpha value is -4.36. The number of hydrogen-bond acceptors (Lipinski definition) is 13. The van der Waals surface area contributed by atoms with Crippen molar-refractivity contribution in [3.8, 4) is 11.4 Å². The molecule has 0 unspecified atom stereocenters. The van der Waals surface area contributed by atoms with Crippen molar-refractivity contribution in [2.45, 2.75) is 37.4 Å². The number of aromatic nitrogens is 7. The number of carbonyl (C=O) groups excluding carboxylic acids is 2. The van der Waals surface area contributed by atoms with Gasteiger partial charge in [0, 0.05) is 36.7 Å². The number of rotatable bonds is 10. The minimum atomic E-state index is -4.39. The predicted molar refractivity (Wildman–Crippen MR) is 136 cm³/mol. The molecule has 0 saturated carbocycles. The number of fused-ring (bicyclic) bond motifs is 1. The number of benzene rings is 1. The van der Waals surface area contributed by atoms with Crippen molar-refractivity contribution in [2.24, 2.45) is 0 Å². The number of nitrogens with zero attached hydrogens (tertiary/aromatic N) is 6. The van der Waals surface area contributed by atoms with Gasteiger partial charge in [-0.3, -0.25) is 14.2 Å². The van der Waals surface area contributed by atoms with Crippen molar-refractivity contribution in [2.75, 3.05) is 12.3 Å². The average molecular weight is 573 g/mol. The van der Waals surface area contributed by atoms with Crippen LogP contribution in [0.1, 0.15) is 29.4 Å². The molecule has 5 rings (SSSR count). The zero-order valence-electron chi connectivity index (χ0n) is 20.6. The molecule has 40 heavy (non-hydrogen) atoms. The highest BCUT2D eigenvalue weighted by molar-refractivity contribution is 7.88. The van der Waals surface area contributed by atoms with Crippen LogP contribution in [0.5, 0.6) is 0 Å². The van der Waals surface area contributed by atoms with Gasteiger partial charge in [0.05, 0.1) is 12.0 Å². The van der Waals surface area contributed by atoms with Crippen LogP contribution in [0.2, 0.25) is 0 Å². The predicted octanol–water partition coefficient (Wildman–Crippen LogP) is -1.57. The SMILES string of the molecule is Nc1ccnc2c1ncn2[C@@H]1O[C@H](CNS(=O)(=O)NC(=O)CCC(=O)c2ccccc2-c2nn[nH]n2)[C@@H](O)[C@H]1O. The zero-order valence-corrected chi connectivity index (χ0v) is 21.4. The fourth-order valence-corrected chi connectivity index (χ4v) is 5.11. The van der Waals surface area contributed by atoms with E-state index in [0.717, 1.165) is 0 Å². The Kier molecular flexibility index (Phi) is 7.50. The number of aliphatic hydroxyl groups is 2. The third-order valence-electron chi connectivity index (χ3n) is 6.22. The monoisotopic (exact) mass is 572 g/mol. The first kappa shape index (κ1) is 27.2. The number of nitrogen functional groups attached to an aromatic ring is 1. The normalized spacial score (nSPS) is 21.1. The molecule has 1 aliphatic heterocycles. The van der Waals surface area contributed by atoms with Gasteiger partial charge in [0.2, 0.25) is 11.7 Å². The number of Topliss-reactive ketones (excluding diaryl/α,β-unsaturated/α-hetero) is 1. The number of aliphatic hydroxyl groups excluding tert-OH is 2. The minimum Gasteiger partial charge on any atom is -0.397 e. The molecule has 4 heterocycles. The maximum Gasteiger partial charge on any atom is 0.301 e. The number of nitrogens with one attached hydrogen (secondary N) is 3. The van der Waals surface area contributed by atoms with Crippen molar-refractivity contribution in [3.05, 3.63) is 48.4 Å². The van der Waals surface area contributed by atoms with Crippen LogP contribution in [-0.4, -0.2) is 90.3 Å². The highest BCUT2D eigenvalue weighted by atomic mass is 32.2. The van der Waals surface area contributed by atoms with Crippen LogP contribution < -0.4 is 15.2 Å². The van der Waals surface area contributed by atoms with Crippen molar-refractivity contribution in [3.63, 3.8) is 0 Å². The van der Waals surface area contributed by atoms with Crippen molar-refractivity contribution in [1.82, 2.24) is 44.6 Å². The molecule has 1 aliphatic rings. The molecule has 1 amide bonds. The van der Waals surface area contributed by atoms with E-state index in [9.17, 15) is 28.2 Å². The summed E-state index contributed by atoms with van der Waals surface area (Å²) in [7, 11) is -4.39. The number of hydrogen-bond donors (Lipinski definition) is 6. The lowest BCUT2D eigenvalue weighted by atomic mass is 10.00. The lowest BCUT2D eigenvalue weighted by Crippen LogP contribution is -2.45. The smallest absolute Gasteiger partial charge is 0.301 e. The van der Waals surface area contributed by atoms with Gasteiger partial charge in [0.1, 0.15) is 23.8 Å². The molecule has 7 N–H and O–H groups in total. The molecule has 0 spiro atoms. The molecule has 1 saturated heterocycles. The maximum absolute atomic E-state index is 12.7. The molecule has 17 nitrogen and oxygen atoms in total. The number of ketones is 1. The van der Waals surface area contributed by atoms with Crippen LogP contribution >= 0.6 is 0 Å². The molecule has 1 aromatic carbocycles. The Morgan fingerprint density at radius 3 is 2.70 bits per heavy atom. The Balaban J connectivity index is 1.15. The van der Waals surface area contributed by atoms with E-state index in [1.807, 2.05) is 4.72 Å². The van der Waals surface area contributed by atoms with Gasteiger partial charge >= 0.3 is 10.2 Å². The lowest BCUT2D eigenvalue weighted by molar-refractivity contribution is -0.119. The first-order valence-electron chi connectivity index (χ1n) is 11.9. The number of pyridine rings is 1. The topological polar surface area (TPSA) is 253 Å². The van der Waals surface area contributed by atoms with Crippen LogP contribution in [0, 0.1) is 0 Å². The Morgan fingerprint density at radius 1 is 1.12 bits per heavy atom. The summed E-state index contributed by atoms with van der Waals surface area (Å²) in [6.07, 6.45) is -3.14. The van der Waals surface area contributed by atoms with Crippen LogP contribution in [0.15, 0.2) is 42.9 Å². The van der Waals surface area contributed by atoms with Gasteiger partial charge in [-0.25, -0.2) is 14.7 Å². The van der Waals surface area contributed by atoms with Gasteiger partial charge in [-0.05, 0) is 11.3 Å². The first-order valence-corrected chi connectivity index (χ1v) is 13.4. The molecule has 4 aromatic rings. The van der Waals surface area contributed by atoms with Gasteiger partial charge in [-0.15, -0.1) is 10.2 Å². The van der Waals surface area contributed by atoms with Gasteiger partial charge < -0.3 is 20.7 Å². The third-order valence-corrected chi connectivity index (χ3v) is 7.26. The van der Waals surface area contributed by atoms with Gasteiger partial charge in [0.15, 0.2) is 17.7 Å². The molecule has 0 aliphatic carbocycles. The maximum atomic E-state index is 12.7. The van der Waals surface area contributed by atoms with E-state index in [1.165, 1.54) is 23.2 Å². The standard InChI is InChI=1S/C22H24N10O7S/c23-13-7-8-24-21-17(13)25-10-32(21)22-19(36)18(35)15(39-22)9-26-40(37,38)29-16(34)6-5-14(33)11-3-1-2-4-12(11)20-27-30-31-28-20/h1-4,7-8,10,15,18-19,22,26,35-36H,5-6,9H2,(H2,23,24)(H,29,34)(H,27,28,30,31)/t15-,18-,19-,22-/m1/s1. The molecular formula is C22H24N10O7S. The molecule has 3 aromatic heterocycles. The summed E-state index contributed by atoms with van der Waals surface area (Å²) in [5, 5.41) is 34.4. The van der Waals surface area contributed by atoms with Crippen LogP contribution in [0.25, 0.3) is 22.6 Å². The molecule has 1 fully saturated rings. The van der Waals surface area contributed by atoms with Crippen molar-refractivity contribution >= 4 is 38.8 Å². The fraction of sp³-hybridized carbons (Fsp3) is 0.318. The summed E-state index contributed by atoms with van der Waals surface area (Å²) in [4.78, 5) is 33.3. The zero-order chi connectivity index (χ0) is 28.4. The fourth-order valence-electron chi connectivity index (χ4n) is 4.25. The second kappa shape index (κ2) is 11.0. The molecule has 210 valence electrons. The van der Waals surface area contributed by atoms with E-state index in [0.29, 0.717) is 22.4 Å². The second-order valence-electron chi connectivity index (χ2n) is 8.85. The summed E-state index contributed by atoms with van der Waals surface area (Å²) in [5.41, 5.74) is 7.58. The summed E-state index contributed by atoms with van der Waals surface area (Å²) in [6.45, 7) is -0.476. The number of aromatic amines is 1. The Morgan fingerprint density at radius 2 is 1.93 bits per heavy atom. The molecular weight excluding hydrogens is 548 g/mol. The summed E-state index contributed by atoms with van der Waals surface area (Å²) >= 11 is 0. The quantitative estimate of drug-likeness (QED) is 0.118. The second-order valence-corrected chi connectivity index (χ2v) is 10.4. The van der Waals surface area contributed by atoms with E-state index in [1.54, 1.807) is 24.3 Å².